The summed E-state index contributed by atoms with van der Waals surface area (Å²) in [6.45, 7) is 0.406. The molecule has 2 N–H and O–H groups in total. The molecule has 0 aromatic heterocycles. The molecule has 0 radical (unpaired) electrons. The lowest BCUT2D eigenvalue weighted by atomic mass is 10.1. The second kappa shape index (κ2) is 1.67. The highest BCUT2D eigenvalue weighted by Gasteiger charge is 2.48. The predicted molar refractivity (Wildman–Crippen MR) is 26.6 cm³/mol. The molecule has 2 rings (SSSR count). The molecule has 2 aliphatic rings. The van der Waals surface area contributed by atoms with Crippen LogP contribution in [0.5, 0.6) is 0 Å². The van der Waals surface area contributed by atoms with Crippen LogP contribution in [-0.4, -0.2) is 41.4 Å². The zero-order valence-corrected chi connectivity index (χ0v) is 4.73. The van der Waals surface area contributed by atoms with Crippen molar-refractivity contribution in [2.24, 2.45) is 0 Å². The lowest BCUT2D eigenvalue weighted by molar-refractivity contribution is -0.111. The molecule has 52 valence electrons. The maximum absolute atomic E-state index is 9.03. The molecular weight excluding hydrogens is 124 g/mol. The van der Waals surface area contributed by atoms with Crippen LogP contribution in [0.4, 0.5) is 0 Å². The van der Waals surface area contributed by atoms with Gasteiger partial charge in [-0.2, -0.15) is 0 Å². The van der Waals surface area contributed by atoms with Crippen LogP contribution in [0.3, 0.4) is 0 Å². The van der Waals surface area contributed by atoms with E-state index in [4.69, 9.17) is 19.7 Å². The second-order valence-corrected chi connectivity index (χ2v) is 2.36. The van der Waals surface area contributed by atoms with Gasteiger partial charge in [-0.3, -0.25) is 0 Å². The third kappa shape index (κ3) is 0.616. The summed E-state index contributed by atoms with van der Waals surface area (Å²) in [5, 5.41) is 18.0. The molecule has 0 aromatic rings. The fraction of sp³-hybridized carbons (Fsp3) is 1.00. The highest BCUT2D eigenvalue weighted by atomic mass is 16.7. The third-order valence-corrected chi connectivity index (χ3v) is 1.74. The van der Waals surface area contributed by atoms with E-state index < -0.39 is 18.5 Å². The zero-order chi connectivity index (χ0) is 6.43. The zero-order valence-electron chi connectivity index (χ0n) is 4.73. The summed E-state index contributed by atoms with van der Waals surface area (Å²) in [7, 11) is 0. The third-order valence-electron chi connectivity index (χ3n) is 1.74. The summed E-state index contributed by atoms with van der Waals surface area (Å²) in [5.41, 5.74) is 0. The molecule has 0 aromatic carbocycles. The fourth-order valence-electron chi connectivity index (χ4n) is 1.18. The number of aliphatic hydroxyl groups excluding tert-OH is 2. The number of aliphatic hydroxyl groups is 2. The summed E-state index contributed by atoms with van der Waals surface area (Å²) >= 11 is 0. The van der Waals surface area contributed by atoms with E-state index in [1.165, 1.54) is 0 Å². The molecule has 2 aliphatic heterocycles. The van der Waals surface area contributed by atoms with Gasteiger partial charge in [-0.05, 0) is 0 Å². The summed E-state index contributed by atoms with van der Waals surface area (Å²) in [5.74, 6) is 0. The quantitative estimate of drug-likeness (QED) is 0.419. The Bertz CT molecular complexity index is 108. The van der Waals surface area contributed by atoms with E-state index in [1.54, 1.807) is 0 Å². The van der Waals surface area contributed by atoms with Crippen molar-refractivity contribution in [2.45, 2.75) is 24.6 Å². The molecule has 2 heterocycles. The Balaban J connectivity index is 2.15. The molecule has 2 fully saturated rings. The first kappa shape index (κ1) is 5.61. The Morgan fingerprint density at radius 3 is 2.33 bits per heavy atom. The molecule has 0 aliphatic carbocycles. The summed E-state index contributed by atoms with van der Waals surface area (Å²) in [6.07, 6.45) is -2.47. The number of hydrogen-bond acceptors (Lipinski definition) is 4. The Kier molecular flexibility index (Phi) is 1.04. The molecule has 0 amide bonds. The van der Waals surface area contributed by atoms with Crippen LogP contribution in [0, 0.1) is 0 Å². The van der Waals surface area contributed by atoms with Crippen LogP contribution < -0.4 is 0 Å². The van der Waals surface area contributed by atoms with E-state index in [0.29, 0.717) is 6.61 Å². The van der Waals surface area contributed by atoms with Crippen molar-refractivity contribution < 1.29 is 19.7 Å². The summed E-state index contributed by atoms with van der Waals surface area (Å²) in [4.78, 5) is 0. The first-order valence-electron chi connectivity index (χ1n) is 2.92. The number of ether oxygens (including phenoxy) is 2. The van der Waals surface area contributed by atoms with E-state index in [2.05, 4.69) is 0 Å². The maximum atomic E-state index is 9.03. The minimum Gasteiger partial charge on any atom is -0.387 e. The Hall–Kier alpha value is -0.160. The maximum Gasteiger partial charge on any atom is 0.186 e. The van der Waals surface area contributed by atoms with Crippen LogP contribution in [-0.2, 0) is 9.47 Å². The number of hydrogen-bond donors (Lipinski definition) is 2. The van der Waals surface area contributed by atoms with Crippen molar-refractivity contribution in [3.8, 4) is 0 Å². The average Bonchev–Trinajstić information content (AvgIpc) is 2.37. The van der Waals surface area contributed by atoms with Crippen LogP contribution in [0.15, 0.2) is 0 Å². The molecule has 0 saturated carbocycles. The first-order valence-corrected chi connectivity index (χ1v) is 2.92. The minimum absolute atomic E-state index is 0.301. The van der Waals surface area contributed by atoms with Gasteiger partial charge in [-0.15, -0.1) is 0 Å². The standard InChI is InChI=1S/C5H8O4/c6-3-2-1-8-5(9-2)4(3)7/h2-7H,1H2/t2-,3+,4+,5-/m1/s1. The highest BCUT2D eigenvalue weighted by Crippen LogP contribution is 2.28. The van der Waals surface area contributed by atoms with E-state index in [1.807, 2.05) is 0 Å². The molecule has 0 spiro atoms. The molecule has 4 atom stereocenters. The molecule has 2 bridgehead atoms. The Labute approximate surface area is 52.0 Å². The van der Waals surface area contributed by atoms with Crippen LogP contribution in [0.2, 0.25) is 0 Å². The fourth-order valence-corrected chi connectivity index (χ4v) is 1.18. The van der Waals surface area contributed by atoms with Gasteiger partial charge in [0, 0.05) is 0 Å². The Morgan fingerprint density at radius 1 is 1.22 bits per heavy atom. The molecule has 2 saturated heterocycles. The van der Waals surface area contributed by atoms with Crippen molar-refractivity contribution in [2.75, 3.05) is 6.61 Å². The van der Waals surface area contributed by atoms with Gasteiger partial charge in [-0.25, -0.2) is 0 Å². The normalized spacial score (nSPS) is 56.7. The van der Waals surface area contributed by atoms with E-state index in [0.717, 1.165) is 0 Å². The van der Waals surface area contributed by atoms with Crippen LogP contribution in [0.25, 0.3) is 0 Å². The van der Waals surface area contributed by atoms with Gasteiger partial charge in [-0.1, -0.05) is 0 Å². The molecule has 4 heteroatoms. The molecule has 4 nitrogen and oxygen atoms in total. The molecule has 0 unspecified atom stereocenters. The van der Waals surface area contributed by atoms with Gasteiger partial charge >= 0.3 is 0 Å². The van der Waals surface area contributed by atoms with Gasteiger partial charge in [0.15, 0.2) is 6.29 Å². The summed E-state index contributed by atoms with van der Waals surface area (Å²) < 4.78 is 9.88. The van der Waals surface area contributed by atoms with Crippen molar-refractivity contribution in [3.63, 3.8) is 0 Å². The lowest BCUT2D eigenvalue weighted by Gasteiger charge is -2.17. The van der Waals surface area contributed by atoms with Crippen molar-refractivity contribution >= 4 is 0 Å². The van der Waals surface area contributed by atoms with Crippen LogP contribution in [0.1, 0.15) is 0 Å². The van der Waals surface area contributed by atoms with Gasteiger partial charge in [0.05, 0.1) is 6.61 Å². The van der Waals surface area contributed by atoms with Crippen molar-refractivity contribution in [1.29, 1.82) is 0 Å². The topological polar surface area (TPSA) is 58.9 Å². The van der Waals surface area contributed by atoms with Gasteiger partial charge in [0.1, 0.15) is 18.3 Å². The smallest absolute Gasteiger partial charge is 0.186 e. The van der Waals surface area contributed by atoms with Gasteiger partial charge in [0.25, 0.3) is 0 Å². The summed E-state index contributed by atoms with van der Waals surface area (Å²) in [6, 6.07) is 0. The number of rotatable bonds is 0. The number of fused-ring (bicyclic) bond motifs is 2. The van der Waals surface area contributed by atoms with E-state index >= 15 is 0 Å². The minimum atomic E-state index is -0.844. The van der Waals surface area contributed by atoms with Gasteiger partial charge in [0.2, 0.25) is 0 Å². The van der Waals surface area contributed by atoms with Crippen molar-refractivity contribution in [1.82, 2.24) is 0 Å². The predicted octanol–water partition coefficient (Wildman–Crippen LogP) is -1.54. The molecule has 9 heavy (non-hydrogen) atoms. The van der Waals surface area contributed by atoms with Gasteiger partial charge < -0.3 is 19.7 Å². The largest absolute Gasteiger partial charge is 0.387 e. The van der Waals surface area contributed by atoms with E-state index in [9.17, 15) is 0 Å². The highest BCUT2D eigenvalue weighted by molar-refractivity contribution is 4.90. The SMILES string of the molecule is O[C@@H]1[C@@H]2OC[C@@H](O2)[C@@H]1O. The molecular formula is C5H8O4. The van der Waals surface area contributed by atoms with E-state index in [-0.39, 0.29) is 6.10 Å². The lowest BCUT2D eigenvalue weighted by Crippen LogP contribution is -2.39. The Morgan fingerprint density at radius 2 is 2.00 bits per heavy atom. The van der Waals surface area contributed by atoms with Crippen LogP contribution >= 0.6 is 0 Å². The monoisotopic (exact) mass is 132 g/mol. The average molecular weight is 132 g/mol. The second-order valence-electron chi connectivity index (χ2n) is 2.36. The first-order chi connectivity index (χ1) is 4.29. The van der Waals surface area contributed by atoms with Crippen molar-refractivity contribution in [3.05, 3.63) is 0 Å².